The minimum absolute atomic E-state index is 0.0696. The largest absolute Gasteiger partial charge is 0.416 e. The van der Waals surface area contributed by atoms with Gasteiger partial charge < -0.3 is 4.90 Å². The fourth-order valence-corrected chi connectivity index (χ4v) is 4.26. The molecule has 0 aliphatic rings. The molecule has 192 valence electrons. The highest BCUT2D eigenvalue weighted by Crippen LogP contribution is 2.31. The van der Waals surface area contributed by atoms with Crippen LogP contribution >= 0.6 is 0 Å². The van der Waals surface area contributed by atoms with E-state index in [9.17, 15) is 22.8 Å². The number of hydrogen-bond donors (Lipinski definition) is 0. The molecule has 0 aliphatic carbocycles. The highest BCUT2D eigenvalue weighted by Gasteiger charge is 2.33. The van der Waals surface area contributed by atoms with Gasteiger partial charge in [0.05, 0.1) is 28.2 Å². The van der Waals surface area contributed by atoms with Crippen LogP contribution in [0.3, 0.4) is 0 Å². The molecule has 0 N–H and O–H groups in total. The molecular formula is C29H28F3N3O2. The van der Waals surface area contributed by atoms with Crippen LogP contribution in [-0.2, 0) is 6.18 Å². The van der Waals surface area contributed by atoms with E-state index in [1.54, 1.807) is 55.5 Å². The number of carbonyl (C=O) groups excluding carboxylic acids is 1. The van der Waals surface area contributed by atoms with Crippen molar-refractivity contribution < 1.29 is 18.0 Å². The van der Waals surface area contributed by atoms with Crippen LogP contribution in [0.4, 0.5) is 13.2 Å². The minimum Gasteiger partial charge on any atom is -0.329 e. The number of alkyl halides is 3. The van der Waals surface area contributed by atoms with Crippen LogP contribution in [0.5, 0.6) is 0 Å². The SMILES string of the molecule is CC(C)CCN(C(=O)c1cccc(C(F)(F)F)c1)C(C)c1nc2ccccc2c(=O)n1-c1ccccc1. The number of fused-ring (bicyclic) bond motifs is 1. The third-order valence-electron chi connectivity index (χ3n) is 6.30. The summed E-state index contributed by atoms with van der Waals surface area (Å²) in [6.45, 7) is 6.05. The van der Waals surface area contributed by atoms with Crippen molar-refractivity contribution in [3.63, 3.8) is 0 Å². The Balaban J connectivity index is 1.87. The van der Waals surface area contributed by atoms with Gasteiger partial charge in [-0.3, -0.25) is 14.2 Å². The second kappa shape index (κ2) is 10.6. The van der Waals surface area contributed by atoms with Crippen molar-refractivity contribution in [2.45, 2.75) is 39.4 Å². The van der Waals surface area contributed by atoms with Crippen molar-refractivity contribution in [1.29, 1.82) is 0 Å². The first-order chi connectivity index (χ1) is 17.6. The Bertz CT molecular complexity index is 1460. The van der Waals surface area contributed by atoms with Crippen molar-refractivity contribution >= 4 is 16.8 Å². The first-order valence-electron chi connectivity index (χ1n) is 12.1. The molecule has 5 nitrogen and oxygen atoms in total. The predicted octanol–water partition coefficient (Wildman–Crippen LogP) is 6.65. The molecule has 1 unspecified atom stereocenters. The first-order valence-corrected chi connectivity index (χ1v) is 12.1. The second-order valence-electron chi connectivity index (χ2n) is 9.40. The van der Waals surface area contributed by atoms with E-state index in [0.717, 1.165) is 12.1 Å². The highest BCUT2D eigenvalue weighted by molar-refractivity contribution is 5.94. The molecule has 1 heterocycles. The van der Waals surface area contributed by atoms with Crippen molar-refractivity contribution in [2.75, 3.05) is 6.54 Å². The van der Waals surface area contributed by atoms with E-state index in [-0.39, 0.29) is 23.6 Å². The highest BCUT2D eigenvalue weighted by atomic mass is 19.4. The molecule has 0 spiro atoms. The average molecular weight is 508 g/mol. The second-order valence-corrected chi connectivity index (χ2v) is 9.40. The third-order valence-corrected chi connectivity index (χ3v) is 6.30. The van der Waals surface area contributed by atoms with Gasteiger partial charge in [0.2, 0.25) is 0 Å². The molecule has 4 aromatic rings. The van der Waals surface area contributed by atoms with Gasteiger partial charge in [-0.1, -0.05) is 50.2 Å². The molecule has 1 amide bonds. The summed E-state index contributed by atoms with van der Waals surface area (Å²) >= 11 is 0. The summed E-state index contributed by atoms with van der Waals surface area (Å²) in [7, 11) is 0. The van der Waals surface area contributed by atoms with Gasteiger partial charge in [0.1, 0.15) is 5.82 Å². The van der Waals surface area contributed by atoms with Crippen molar-refractivity contribution in [1.82, 2.24) is 14.5 Å². The van der Waals surface area contributed by atoms with Gasteiger partial charge in [0.15, 0.2) is 0 Å². The van der Waals surface area contributed by atoms with Crippen LogP contribution in [0.1, 0.15) is 55.0 Å². The molecule has 3 aromatic carbocycles. The standard InChI is InChI=1S/C29H28F3N3O2/c1-19(2)16-17-34(27(36)21-10-9-11-22(18-21)29(30,31)32)20(3)26-33-25-15-8-7-14-24(25)28(37)35(26)23-12-5-4-6-13-23/h4-15,18-20H,16-17H2,1-3H3. The zero-order valence-electron chi connectivity index (χ0n) is 20.9. The molecule has 0 saturated heterocycles. The van der Waals surface area contributed by atoms with Crippen LogP contribution in [0.15, 0.2) is 83.7 Å². The summed E-state index contributed by atoms with van der Waals surface area (Å²) in [4.78, 5) is 33.6. The van der Waals surface area contributed by atoms with E-state index >= 15 is 0 Å². The molecule has 0 radical (unpaired) electrons. The fraction of sp³-hybridized carbons (Fsp3) is 0.276. The Kier molecular flexibility index (Phi) is 7.47. The summed E-state index contributed by atoms with van der Waals surface area (Å²) in [5.41, 5.74) is -0.173. The Morgan fingerprint density at radius 2 is 1.62 bits per heavy atom. The van der Waals surface area contributed by atoms with Gasteiger partial charge in [-0.15, -0.1) is 0 Å². The molecule has 1 aromatic heterocycles. The first kappa shape index (κ1) is 26.1. The number of amides is 1. The summed E-state index contributed by atoms with van der Waals surface area (Å²) in [6, 6.07) is 19.7. The summed E-state index contributed by atoms with van der Waals surface area (Å²) < 4.78 is 41.6. The number of nitrogens with zero attached hydrogens (tertiary/aromatic N) is 3. The maximum atomic E-state index is 13.7. The lowest BCUT2D eigenvalue weighted by atomic mass is 10.1. The maximum Gasteiger partial charge on any atom is 0.416 e. The molecule has 1 atom stereocenters. The van der Waals surface area contributed by atoms with Gasteiger partial charge >= 0.3 is 6.18 Å². The third kappa shape index (κ3) is 5.58. The molecular weight excluding hydrogens is 479 g/mol. The maximum absolute atomic E-state index is 13.7. The molecule has 0 aliphatic heterocycles. The zero-order valence-corrected chi connectivity index (χ0v) is 20.9. The van der Waals surface area contributed by atoms with Gasteiger partial charge in [0.25, 0.3) is 11.5 Å². The summed E-state index contributed by atoms with van der Waals surface area (Å²) in [6.07, 6.45) is -3.95. The Morgan fingerprint density at radius 3 is 2.30 bits per heavy atom. The number of para-hydroxylation sites is 2. The van der Waals surface area contributed by atoms with Crippen LogP contribution < -0.4 is 5.56 Å². The minimum atomic E-state index is -4.57. The zero-order chi connectivity index (χ0) is 26.7. The number of aromatic nitrogens is 2. The van der Waals surface area contributed by atoms with Gasteiger partial charge in [-0.05, 0) is 61.7 Å². The molecule has 0 saturated carbocycles. The number of benzene rings is 3. The summed E-state index contributed by atoms with van der Waals surface area (Å²) in [5.74, 6) is 0.0186. The molecule has 37 heavy (non-hydrogen) atoms. The quantitative estimate of drug-likeness (QED) is 0.281. The number of hydrogen-bond acceptors (Lipinski definition) is 3. The lowest BCUT2D eigenvalue weighted by molar-refractivity contribution is -0.137. The fourth-order valence-electron chi connectivity index (χ4n) is 4.26. The lowest BCUT2D eigenvalue weighted by Crippen LogP contribution is -2.38. The number of halogens is 3. The van der Waals surface area contributed by atoms with Gasteiger partial charge in [-0.2, -0.15) is 13.2 Å². The topological polar surface area (TPSA) is 55.2 Å². The van der Waals surface area contributed by atoms with E-state index < -0.39 is 23.7 Å². The van der Waals surface area contributed by atoms with Crippen molar-refractivity contribution in [3.05, 3.63) is 106 Å². The van der Waals surface area contributed by atoms with Gasteiger partial charge in [0, 0.05) is 12.1 Å². The van der Waals surface area contributed by atoms with Crippen LogP contribution in [0, 0.1) is 5.92 Å². The number of carbonyl (C=O) groups is 1. The number of rotatable bonds is 7. The average Bonchev–Trinajstić information content (AvgIpc) is 2.88. The van der Waals surface area contributed by atoms with Crippen LogP contribution in [0.2, 0.25) is 0 Å². The monoisotopic (exact) mass is 507 g/mol. The van der Waals surface area contributed by atoms with Crippen molar-refractivity contribution in [2.24, 2.45) is 5.92 Å². The van der Waals surface area contributed by atoms with Crippen LogP contribution in [0.25, 0.3) is 16.6 Å². The molecule has 0 fully saturated rings. The van der Waals surface area contributed by atoms with E-state index in [4.69, 9.17) is 4.98 Å². The van der Waals surface area contributed by atoms with E-state index in [1.807, 2.05) is 19.9 Å². The Morgan fingerprint density at radius 1 is 0.946 bits per heavy atom. The molecule has 4 rings (SSSR count). The van der Waals surface area contributed by atoms with Crippen molar-refractivity contribution in [3.8, 4) is 5.69 Å². The molecule has 8 heteroatoms. The van der Waals surface area contributed by atoms with Gasteiger partial charge in [-0.25, -0.2) is 4.98 Å². The van der Waals surface area contributed by atoms with Crippen LogP contribution in [-0.4, -0.2) is 26.9 Å². The van der Waals surface area contributed by atoms with E-state index in [1.165, 1.54) is 21.6 Å². The normalized spacial score (nSPS) is 12.6. The Hall–Kier alpha value is -3.94. The van der Waals surface area contributed by atoms with E-state index in [0.29, 0.717) is 28.8 Å². The lowest BCUT2D eigenvalue weighted by Gasteiger charge is -2.31. The molecule has 0 bridgehead atoms. The smallest absolute Gasteiger partial charge is 0.329 e. The predicted molar refractivity (Wildman–Crippen MR) is 138 cm³/mol. The van der Waals surface area contributed by atoms with E-state index in [2.05, 4.69) is 0 Å². The summed E-state index contributed by atoms with van der Waals surface area (Å²) in [5, 5.41) is 0.431. The Labute approximate surface area is 213 Å².